The zero-order valence-electron chi connectivity index (χ0n) is 10.3. The molecule has 0 spiro atoms. The molecule has 0 aliphatic rings. The summed E-state index contributed by atoms with van der Waals surface area (Å²) in [6.45, 7) is 0. The van der Waals surface area contributed by atoms with Gasteiger partial charge < -0.3 is 10.4 Å². The molecule has 3 nitrogen and oxygen atoms in total. The Morgan fingerprint density at radius 1 is 1.15 bits per heavy atom. The molecule has 6 heteroatoms. The van der Waals surface area contributed by atoms with Crippen molar-refractivity contribution in [3.8, 4) is 5.75 Å². The van der Waals surface area contributed by atoms with Gasteiger partial charge in [0.25, 0.3) is 0 Å². The first-order valence-electron chi connectivity index (χ1n) is 5.71. The minimum atomic E-state index is -0.686. The molecule has 0 aliphatic carbocycles. The van der Waals surface area contributed by atoms with Gasteiger partial charge in [0.15, 0.2) is 0 Å². The van der Waals surface area contributed by atoms with Crippen molar-refractivity contribution in [1.29, 1.82) is 0 Å². The van der Waals surface area contributed by atoms with Gasteiger partial charge in [-0.05, 0) is 36.4 Å². The second-order valence-electron chi connectivity index (χ2n) is 3.95. The van der Waals surface area contributed by atoms with E-state index in [1.807, 2.05) is 0 Å². The average Bonchev–Trinajstić information content (AvgIpc) is 2.42. The number of amides is 1. The fourth-order valence-electron chi connectivity index (χ4n) is 1.47. The molecule has 0 saturated heterocycles. The third-order valence-electron chi connectivity index (χ3n) is 2.41. The van der Waals surface area contributed by atoms with E-state index in [2.05, 4.69) is 5.32 Å². The number of phenols is 1. The van der Waals surface area contributed by atoms with E-state index < -0.39 is 17.5 Å². The molecule has 2 aromatic rings. The van der Waals surface area contributed by atoms with Crippen LogP contribution in [0.25, 0.3) is 0 Å². The predicted octanol–water partition coefficient (Wildman–Crippen LogP) is 3.40. The Morgan fingerprint density at radius 3 is 2.55 bits per heavy atom. The molecule has 20 heavy (non-hydrogen) atoms. The number of nitrogens with one attached hydrogen (secondary N) is 1. The van der Waals surface area contributed by atoms with Crippen LogP contribution in [-0.4, -0.2) is 16.8 Å². The second kappa shape index (κ2) is 6.38. The minimum Gasteiger partial charge on any atom is -0.508 e. The van der Waals surface area contributed by atoms with Crippen LogP contribution in [0, 0.1) is 11.6 Å². The quantitative estimate of drug-likeness (QED) is 0.850. The van der Waals surface area contributed by atoms with E-state index in [0.717, 1.165) is 23.1 Å². The lowest BCUT2D eigenvalue weighted by Gasteiger charge is -2.06. The summed E-state index contributed by atoms with van der Waals surface area (Å²) >= 11 is 1.23. The summed E-state index contributed by atoms with van der Waals surface area (Å²) < 4.78 is 26.3. The summed E-state index contributed by atoms with van der Waals surface area (Å²) in [5.41, 5.74) is -0.179. The molecule has 0 heterocycles. The number of hydrogen-bond donors (Lipinski definition) is 2. The molecule has 104 valence electrons. The number of thioether (sulfide) groups is 1. The fourth-order valence-corrected chi connectivity index (χ4v) is 2.17. The monoisotopic (exact) mass is 295 g/mol. The van der Waals surface area contributed by atoms with Crippen molar-refractivity contribution in [3.63, 3.8) is 0 Å². The van der Waals surface area contributed by atoms with Gasteiger partial charge in [-0.1, -0.05) is 0 Å². The number of aromatic hydroxyl groups is 1. The molecule has 2 aromatic carbocycles. The van der Waals surface area contributed by atoms with Crippen LogP contribution in [0.1, 0.15) is 0 Å². The van der Waals surface area contributed by atoms with Crippen molar-refractivity contribution >= 4 is 23.4 Å². The maximum Gasteiger partial charge on any atom is 0.234 e. The van der Waals surface area contributed by atoms with E-state index in [0.29, 0.717) is 0 Å². The van der Waals surface area contributed by atoms with Crippen molar-refractivity contribution in [1.82, 2.24) is 0 Å². The van der Waals surface area contributed by atoms with Crippen LogP contribution in [0.5, 0.6) is 5.75 Å². The third-order valence-corrected chi connectivity index (χ3v) is 3.42. The smallest absolute Gasteiger partial charge is 0.234 e. The summed E-state index contributed by atoms with van der Waals surface area (Å²) in [5.74, 6) is -1.55. The molecular weight excluding hydrogens is 284 g/mol. The first kappa shape index (κ1) is 14.3. The average molecular weight is 295 g/mol. The van der Waals surface area contributed by atoms with Crippen LogP contribution < -0.4 is 5.32 Å². The van der Waals surface area contributed by atoms with Crippen molar-refractivity contribution in [2.45, 2.75) is 4.90 Å². The lowest BCUT2D eigenvalue weighted by Crippen LogP contribution is -2.15. The van der Waals surface area contributed by atoms with E-state index in [1.54, 1.807) is 12.1 Å². The summed E-state index contributed by atoms with van der Waals surface area (Å²) in [7, 11) is 0. The highest BCUT2D eigenvalue weighted by atomic mass is 32.2. The zero-order valence-corrected chi connectivity index (χ0v) is 11.1. The maximum absolute atomic E-state index is 13.3. The number of carbonyl (C=O) groups excluding carboxylic acids is 1. The van der Waals surface area contributed by atoms with Gasteiger partial charge in [-0.25, -0.2) is 8.78 Å². The summed E-state index contributed by atoms with van der Waals surface area (Å²) in [6.07, 6.45) is 0. The predicted molar refractivity (Wildman–Crippen MR) is 73.8 cm³/mol. The Kier molecular flexibility index (Phi) is 4.57. The highest BCUT2D eigenvalue weighted by Crippen LogP contribution is 2.21. The first-order valence-corrected chi connectivity index (χ1v) is 6.70. The van der Waals surface area contributed by atoms with Crippen LogP contribution in [0.4, 0.5) is 14.5 Å². The van der Waals surface area contributed by atoms with Crippen LogP contribution in [0.15, 0.2) is 47.4 Å². The molecule has 0 unspecified atom stereocenters. The highest BCUT2D eigenvalue weighted by Gasteiger charge is 2.08. The largest absolute Gasteiger partial charge is 0.508 e. The van der Waals surface area contributed by atoms with Gasteiger partial charge in [-0.2, -0.15) is 0 Å². The van der Waals surface area contributed by atoms with Gasteiger partial charge >= 0.3 is 0 Å². The Hall–Kier alpha value is -2.08. The third kappa shape index (κ3) is 3.96. The second-order valence-corrected chi connectivity index (χ2v) is 5.00. The Labute approximate surface area is 118 Å². The molecule has 2 N–H and O–H groups in total. The number of halogens is 2. The SMILES string of the molecule is O=C(CSc1ccc(O)cc1)Nc1cc(F)ccc1F. The van der Waals surface area contributed by atoms with Gasteiger partial charge in [0.05, 0.1) is 11.4 Å². The van der Waals surface area contributed by atoms with E-state index in [4.69, 9.17) is 5.11 Å². The number of phenolic OH excluding ortho intramolecular Hbond substituents is 1. The van der Waals surface area contributed by atoms with Crippen LogP contribution >= 0.6 is 11.8 Å². The Morgan fingerprint density at radius 2 is 1.85 bits per heavy atom. The van der Waals surface area contributed by atoms with E-state index in [9.17, 15) is 13.6 Å². The van der Waals surface area contributed by atoms with E-state index >= 15 is 0 Å². The Bertz CT molecular complexity index is 617. The molecule has 2 rings (SSSR count). The molecule has 0 atom stereocenters. The van der Waals surface area contributed by atoms with Crippen LogP contribution in [0.3, 0.4) is 0 Å². The lowest BCUT2D eigenvalue weighted by atomic mass is 10.3. The number of rotatable bonds is 4. The molecule has 0 radical (unpaired) electrons. The van der Waals surface area contributed by atoms with Gasteiger partial charge in [-0.15, -0.1) is 11.8 Å². The van der Waals surface area contributed by atoms with Gasteiger partial charge in [-0.3, -0.25) is 4.79 Å². The standard InChI is InChI=1S/C14H11F2NO2S/c15-9-1-6-12(16)13(7-9)17-14(19)8-20-11-4-2-10(18)3-5-11/h1-7,18H,8H2,(H,17,19). The summed E-state index contributed by atoms with van der Waals surface area (Å²) in [6, 6.07) is 9.21. The normalized spacial score (nSPS) is 10.3. The molecule has 0 aliphatic heterocycles. The number of anilines is 1. The van der Waals surface area contributed by atoms with E-state index in [-0.39, 0.29) is 17.2 Å². The molecule has 0 saturated carbocycles. The summed E-state index contributed by atoms with van der Waals surface area (Å²) in [4.78, 5) is 12.4. The highest BCUT2D eigenvalue weighted by molar-refractivity contribution is 8.00. The number of hydrogen-bond acceptors (Lipinski definition) is 3. The molecule has 0 fully saturated rings. The lowest BCUT2D eigenvalue weighted by molar-refractivity contribution is -0.113. The van der Waals surface area contributed by atoms with Crippen LogP contribution in [0.2, 0.25) is 0 Å². The fraction of sp³-hybridized carbons (Fsp3) is 0.0714. The molecule has 0 aromatic heterocycles. The number of benzene rings is 2. The van der Waals surface area contributed by atoms with Gasteiger partial charge in [0, 0.05) is 11.0 Å². The maximum atomic E-state index is 13.3. The van der Waals surface area contributed by atoms with Crippen molar-refractivity contribution in [2.75, 3.05) is 11.1 Å². The topological polar surface area (TPSA) is 49.3 Å². The molecule has 0 bridgehead atoms. The van der Waals surface area contributed by atoms with Crippen molar-refractivity contribution < 1.29 is 18.7 Å². The van der Waals surface area contributed by atoms with E-state index in [1.165, 1.54) is 23.9 Å². The first-order chi connectivity index (χ1) is 9.54. The minimum absolute atomic E-state index is 0.0563. The van der Waals surface area contributed by atoms with Crippen molar-refractivity contribution in [3.05, 3.63) is 54.1 Å². The van der Waals surface area contributed by atoms with Crippen LogP contribution in [-0.2, 0) is 4.79 Å². The zero-order chi connectivity index (χ0) is 14.5. The van der Waals surface area contributed by atoms with Gasteiger partial charge in [0.2, 0.25) is 5.91 Å². The number of carbonyl (C=O) groups is 1. The molecular formula is C14H11F2NO2S. The Balaban J connectivity index is 1.92. The van der Waals surface area contributed by atoms with Crippen molar-refractivity contribution in [2.24, 2.45) is 0 Å². The van der Waals surface area contributed by atoms with Gasteiger partial charge in [0.1, 0.15) is 17.4 Å². The molecule has 1 amide bonds. The summed E-state index contributed by atoms with van der Waals surface area (Å²) in [5, 5.41) is 11.4.